The second-order valence-corrected chi connectivity index (χ2v) is 17.2. The summed E-state index contributed by atoms with van der Waals surface area (Å²) in [5, 5.41) is 9.68. The molecule has 2 aromatic rings. The highest BCUT2D eigenvalue weighted by molar-refractivity contribution is 7.91. The van der Waals surface area contributed by atoms with E-state index in [0.717, 1.165) is 47.9 Å². The number of amides is 4. The van der Waals surface area contributed by atoms with Crippen molar-refractivity contribution in [2.75, 3.05) is 0 Å². The summed E-state index contributed by atoms with van der Waals surface area (Å²) in [6.45, 7) is 3.80. The molecular weight excluding hydrogens is 711 g/mol. The van der Waals surface area contributed by atoms with Gasteiger partial charge < -0.3 is 25.1 Å². The minimum Gasteiger partial charge on any atom is -0.446 e. The Morgan fingerprint density at radius 2 is 1.59 bits per heavy atom. The van der Waals surface area contributed by atoms with Gasteiger partial charge in [0.2, 0.25) is 21.8 Å². The van der Waals surface area contributed by atoms with E-state index in [1.165, 1.54) is 11.0 Å². The lowest BCUT2D eigenvalue weighted by Crippen LogP contribution is -2.59. The first-order valence-electron chi connectivity index (χ1n) is 19.0. The first-order valence-corrected chi connectivity index (χ1v) is 20.5. The van der Waals surface area contributed by atoms with Gasteiger partial charge in [-0.25, -0.2) is 13.2 Å². The number of allylic oxidation sites excluding steroid dienone is 1. The smallest absolute Gasteiger partial charge is 0.408 e. The van der Waals surface area contributed by atoms with Gasteiger partial charge in [-0.05, 0) is 75.3 Å². The molecule has 3 N–H and O–H groups in total. The van der Waals surface area contributed by atoms with Gasteiger partial charge in [-0.1, -0.05) is 71.9 Å². The fourth-order valence-electron chi connectivity index (χ4n) is 8.47. The van der Waals surface area contributed by atoms with Crippen molar-refractivity contribution < 1.29 is 37.2 Å². The average molecular weight is 756 g/mol. The molecule has 6 aliphatic rings. The predicted octanol–water partition coefficient (Wildman–Crippen LogP) is 4.22. The monoisotopic (exact) mass is 755 g/mol. The summed E-state index contributed by atoms with van der Waals surface area (Å²) < 4.78 is 33.3. The van der Waals surface area contributed by atoms with Crippen LogP contribution in [0.25, 0.3) is 11.1 Å². The summed E-state index contributed by atoms with van der Waals surface area (Å²) in [6.07, 6.45) is 9.47. The molecule has 2 aliphatic heterocycles. The summed E-state index contributed by atoms with van der Waals surface area (Å²) in [4.78, 5) is 63.6. The van der Waals surface area contributed by atoms with Gasteiger partial charge in [0.05, 0.1) is 11.3 Å². The van der Waals surface area contributed by atoms with Crippen molar-refractivity contribution in [1.82, 2.24) is 20.3 Å². The lowest BCUT2D eigenvalue weighted by atomic mass is 10.1. The average Bonchev–Trinajstić information content (AvgIpc) is 4.01. The molecule has 0 bridgehead atoms. The van der Waals surface area contributed by atoms with Crippen molar-refractivity contribution in [3.63, 3.8) is 0 Å². The third-order valence-electron chi connectivity index (χ3n) is 11.7. The van der Waals surface area contributed by atoms with Crippen molar-refractivity contribution in [3.8, 4) is 11.1 Å². The first kappa shape index (κ1) is 36.0. The maximum absolute atomic E-state index is 14.6. The molecule has 8 rings (SSSR count). The molecule has 0 radical (unpaired) electrons. The number of benzene rings is 2. The van der Waals surface area contributed by atoms with Crippen LogP contribution in [-0.2, 0) is 34.0 Å². The SMILES string of the molecule is C=C[C@@H]1CC1(NC(=O)[C@@H]1C[C@@H](ON=C2c3ccccc3-c3ccccc32)C2CC/C=C\CC(NC(=O)OC3CCCC3)C(=O)N21)C(=O)NS(=O)(=O)C1CC1. The van der Waals surface area contributed by atoms with Gasteiger partial charge in [-0.15, -0.1) is 6.58 Å². The predicted molar refractivity (Wildman–Crippen MR) is 199 cm³/mol. The van der Waals surface area contributed by atoms with E-state index in [2.05, 4.69) is 21.9 Å². The van der Waals surface area contributed by atoms with Gasteiger partial charge in [-0.2, -0.15) is 0 Å². The van der Waals surface area contributed by atoms with Crippen LogP contribution < -0.4 is 15.4 Å². The Hall–Kier alpha value is -4.98. The molecule has 6 atom stereocenters. The molecule has 3 saturated carbocycles. The van der Waals surface area contributed by atoms with Gasteiger partial charge in [0, 0.05) is 23.5 Å². The van der Waals surface area contributed by atoms with E-state index < -0.39 is 74.8 Å². The number of fused-ring (bicyclic) bond motifs is 4. The molecule has 2 heterocycles. The molecule has 0 aromatic heterocycles. The quantitative estimate of drug-likeness (QED) is 0.204. The summed E-state index contributed by atoms with van der Waals surface area (Å²) in [6, 6.07) is 13.0. The zero-order valence-corrected chi connectivity index (χ0v) is 30.8. The topological polar surface area (TPSA) is 173 Å². The number of carbonyl (C=O) groups is 4. The highest BCUT2D eigenvalue weighted by atomic mass is 32.2. The molecule has 54 heavy (non-hydrogen) atoms. The standard InChI is InChI=1S/C40H45N5O8S/c1-2-24-23-40(24,38(48)44-54(50,51)26-20-21-26)42-36(46)33-22-34(53-43-35-29-16-10-8-14-27(29)28-15-9-11-17-30(28)35)32-19-5-3-4-18-31(37(47)45(32)33)41-39(49)52-25-12-6-7-13-25/h2-4,8-11,14-17,24-26,31-34H,1,5-7,12-13,18-23H2,(H,41,49)(H,42,46)(H,44,48)/b4-3-/t24-,31?,32?,33+,34-,40?/m1/s1. The highest BCUT2D eigenvalue weighted by Crippen LogP contribution is 2.46. The largest absolute Gasteiger partial charge is 0.446 e. The van der Waals surface area contributed by atoms with Crippen molar-refractivity contribution in [1.29, 1.82) is 0 Å². The van der Waals surface area contributed by atoms with E-state index in [1.54, 1.807) is 0 Å². The molecule has 3 unspecified atom stereocenters. The van der Waals surface area contributed by atoms with Crippen molar-refractivity contribution in [3.05, 3.63) is 84.5 Å². The maximum Gasteiger partial charge on any atom is 0.408 e. The lowest BCUT2D eigenvalue weighted by Gasteiger charge is -2.33. The second kappa shape index (κ2) is 14.3. The van der Waals surface area contributed by atoms with Gasteiger partial charge in [0.1, 0.15) is 35.5 Å². The van der Waals surface area contributed by atoms with E-state index in [4.69, 9.17) is 14.7 Å². The Balaban J connectivity index is 1.10. The van der Waals surface area contributed by atoms with Crippen LogP contribution in [0.1, 0.15) is 81.8 Å². The highest BCUT2D eigenvalue weighted by Gasteiger charge is 2.62. The summed E-state index contributed by atoms with van der Waals surface area (Å²) in [7, 11) is -3.89. The van der Waals surface area contributed by atoms with E-state index in [9.17, 15) is 27.6 Å². The zero-order valence-electron chi connectivity index (χ0n) is 29.9. The lowest BCUT2D eigenvalue weighted by molar-refractivity contribution is -0.143. The Labute approximate surface area is 314 Å². The number of hydrogen-bond donors (Lipinski definition) is 3. The molecule has 4 amide bonds. The Morgan fingerprint density at radius 1 is 0.926 bits per heavy atom. The summed E-state index contributed by atoms with van der Waals surface area (Å²) >= 11 is 0. The molecule has 2 aromatic carbocycles. The molecular formula is C40H45N5O8S. The van der Waals surface area contributed by atoms with Gasteiger partial charge >= 0.3 is 6.09 Å². The fourth-order valence-corrected chi connectivity index (χ4v) is 9.84. The van der Waals surface area contributed by atoms with Crippen LogP contribution in [0.15, 0.2) is 78.5 Å². The number of ether oxygens (including phenoxy) is 1. The number of hydrogen-bond acceptors (Lipinski definition) is 9. The third-order valence-corrected chi connectivity index (χ3v) is 13.5. The minimum absolute atomic E-state index is 0.0437. The van der Waals surface area contributed by atoms with Crippen LogP contribution in [-0.4, -0.2) is 84.0 Å². The van der Waals surface area contributed by atoms with Gasteiger partial charge in [0.25, 0.3) is 5.91 Å². The van der Waals surface area contributed by atoms with Gasteiger partial charge in [-0.3, -0.25) is 19.1 Å². The number of nitrogens with zero attached hydrogens (tertiary/aromatic N) is 2. The van der Waals surface area contributed by atoms with Crippen LogP contribution in [0.2, 0.25) is 0 Å². The van der Waals surface area contributed by atoms with E-state index in [1.807, 2.05) is 60.7 Å². The van der Waals surface area contributed by atoms with E-state index in [-0.39, 0.29) is 25.4 Å². The van der Waals surface area contributed by atoms with E-state index >= 15 is 0 Å². The molecule has 4 fully saturated rings. The number of rotatable bonds is 10. The fraction of sp³-hybridized carbons (Fsp3) is 0.475. The van der Waals surface area contributed by atoms with Crippen LogP contribution in [0.5, 0.6) is 0 Å². The van der Waals surface area contributed by atoms with Crippen LogP contribution in [0.3, 0.4) is 0 Å². The maximum atomic E-state index is 14.6. The Kier molecular flexibility index (Phi) is 9.57. The van der Waals surface area contributed by atoms with Crippen molar-refractivity contribution in [2.24, 2.45) is 11.1 Å². The Morgan fingerprint density at radius 3 is 2.22 bits per heavy atom. The number of alkyl carbamates (subject to hydrolysis) is 1. The molecule has 4 aliphatic carbocycles. The van der Waals surface area contributed by atoms with Crippen molar-refractivity contribution in [2.45, 2.75) is 112 Å². The molecule has 284 valence electrons. The Bertz CT molecular complexity index is 1990. The summed E-state index contributed by atoms with van der Waals surface area (Å²) in [5.41, 5.74) is 2.95. The second-order valence-electron chi connectivity index (χ2n) is 15.2. The van der Waals surface area contributed by atoms with E-state index in [0.29, 0.717) is 31.4 Å². The normalized spacial score (nSPS) is 29.3. The minimum atomic E-state index is -3.89. The van der Waals surface area contributed by atoms with Crippen LogP contribution in [0.4, 0.5) is 4.79 Å². The number of oxime groups is 1. The third kappa shape index (κ3) is 6.80. The van der Waals surface area contributed by atoms with Crippen molar-refractivity contribution >= 4 is 39.5 Å². The molecule has 13 nitrogen and oxygen atoms in total. The van der Waals surface area contributed by atoms with Crippen LogP contribution >= 0.6 is 0 Å². The zero-order chi connectivity index (χ0) is 37.6. The number of carbonyl (C=O) groups excluding carboxylic acids is 4. The number of nitrogens with one attached hydrogen (secondary N) is 3. The first-order chi connectivity index (χ1) is 26.1. The van der Waals surface area contributed by atoms with Crippen LogP contribution in [0, 0.1) is 5.92 Å². The molecule has 1 saturated heterocycles. The molecule has 14 heteroatoms. The molecule has 0 spiro atoms. The van der Waals surface area contributed by atoms with Gasteiger partial charge in [0.15, 0.2) is 0 Å². The number of sulfonamides is 1. The summed E-state index contributed by atoms with van der Waals surface area (Å²) in [5.74, 6) is -2.46.